The lowest BCUT2D eigenvalue weighted by molar-refractivity contribution is -0.0507. The van der Waals surface area contributed by atoms with Crippen molar-refractivity contribution >= 4 is 11.0 Å². The van der Waals surface area contributed by atoms with E-state index in [9.17, 15) is 13.6 Å². The molecule has 2 atom stereocenters. The largest absolute Gasteiger partial charge is 0.434 e. The minimum Gasteiger partial charge on any atom is -0.434 e. The van der Waals surface area contributed by atoms with E-state index in [0.29, 0.717) is 30.8 Å². The van der Waals surface area contributed by atoms with Gasteiger partial charge in [0.05, 0.1) is 17.1 Å². The summed E-state index contributed by atoms with van der Waals surface area (Å²) in [5.41, 5.74) is 3.72. The van der Waals surface area contributed by atoms with Crippen molar-refractivity contribution in [2.24, 2.45) is 0 Å². The van der Waals surface area contributed by atoms with Crippen LogP contribution in [0.25, 0.3) is 22.2 Å². The number of nitrogens with one attached hydrogen (secondary N) is 1. The Kier molecular flexibility index (Phi) is 6.12. The predicted octanol–water partition coefficient (Wildman–Crippen LogP) is 4.43. The molecular weight excluding hydrogens is 444 g/mol. The fourth-order valence-corrected chi connectivity index (χ4v) is 4.51. The van der Waals surface area contributed by atoms with Crippen molar-refractivity contribution in [1.29, 1.82) is 0 Å². The molecule has 0 spiro atoms. The highest BCUT2D eigenvalue weighted by Crippen LogP contribution is 2.46. The van der Waals surface area contributed by atoms with Crippen LogP contribution in [0.3, 0.4) is 0 Å². The highest BCUT2D eigenvalue weighted by atomic mass is 19.3. The van der Waals surface area contributed by atoms with Gasteiger partial charge in [-0.1, -0.05) is 24.3 Å². The van der Waals surface area contributed by atoms with E-state index in [0.717, 1.165) is 22.2 Å². The first kappa shape index (κ1) is 22.2. The third-order valence-electron chi connectivity index (χ3n) is 5.99. The summed E-state index contributed by atoms with van der Waals surface area (Å²) in [5, 5.41) is 9.15. The van der Waals surface area contributed by atoms with Crippen molar-refractivity contribution in [3.05, 3.63) is 82.5 Å². The number of H-pyrrole nitrogens is 1. The van der Waals surface area contributed by atoms with Crippen molar-refractivity contribution in [2.75, 3.05) is 13.2 Å². The van der Waals surface area contributed by atoms with Crippen molar-refractivity contribution in [3.8, 4) is 16.9 Å². The van der Waals surface area contributed by atoms with E-state index >= 15 is 0 Å². The van der Waals surface area contributed by atoms with Gasteiger partial charge in [0, 0.05) is 37.5 Å². The van der Waals surface area contributed by atoms with Crippen LogP contribution in [-0.4, -0.2) is 39.5 Å². The molecule has 0 bridgehead atoms. The maximum absolute atomic E-state index is 13.1. The summed E-state index contributed by atoms with van der Waals surface area (Å²) in [4.78, 5) is 18.9. The average Bonchev–Trinajstić information content (AvgIpc) is 3.37. The lowest BCUT2D eigenvalue weighted by Crippen LogP contribution is -2.10. The number of aliphatic hydroxyl groups excluding tert-OH is 1. The molecule has 2 aromatic carbocycles. The molecule has 7 nitrogen and oxygen atoms in total. The number of hydrogen-bond acceptors (Lipinski definition) is 5. The van der Waals surface area contributed by atoms with Crippen LogP contribution < -0.4 is 10.3 Å². The molecule has 0 amide bonds. The average molecular weight is 467 g/mol. The Labute approximate surface area is 193 Å². The molecule has 1 aliphatic heterocycles. The van der Waals surface area contributed by atoms with Gasteiger partial charge >= 0.3 is 6.61 Å². The number of aromatic amines is 1. The number of imidazole rings is 1. The molecule has 0 fully saturated rings. The van der Waals surface area contributed by atoms with Crippen LogP contribution in [0.4, 0.5) is 8.78 Å². The number of benzene rings is 2. The van der Waals surface area contributed by atoms with E-state index in [1.165, 1.54) is 12.1 Å². The highest BCUT2D eigenvalue weighted by Gasteiger charge is 2.37. The Morgan fingerprint density at radius 2 is 1.97 bits per heavy atom. The third kappa shape index (κ3) is 4.20. The molecule has 0 aliphatic carbocycles. The second-order valence-corrected chi connectivity index (χ2v) is 8.09. The van der Waals surface area contributed by atoms with Crippen molar-refractivity contribution in [1.82, 2.24) is 14.5 Å². The van der Waals surface area contributed by atoms with Gasteiger partial charge in [-0.05, 0) is 41.8 Å². The maximum Gasteiger partial charge on any atom is 0.387 e. The summed E-state index contributed by atoms with van der Waals surface area (Å²) >= 11 is 0. The van der Waals surface area contributed by atoms with Gasteiger partial charge in [-0.15, -0.1) is 0 Å². The minimum atomic E-state index is -2.94. The summed E-state index contributed by atoms with van der Waals surface area (Å²) in [6, 6.07) is 15.4. The Balaban J connectivity index is 1.63. The summed E-state index contributed by atoms with van der Waals surface area (Å²) in [5.74, 6) is 0.812. The lowest BCUT2D eigenvalue weighted by Gasteiger charge is -2.19. The Morgan fingerprint density at radius 1 is 1.15 bits per heavy atom. The summed E-state index contributed by atoms with van der Waals surface area (Å²) in [7, 11) is 0. The first-order chi connectivity index (χ1) is 16.5. The third-order valence-corrected chi connectivity index (χ3v) is 5.99. The molecular formula is C25H23F2N3O4. The second kappa shape index (κ2) is 9.36. The molecule has 0 unspecified atom stereocenters. The molecule has 2 aromatic heterocycles. The summed E-state index contributed by atoms with van der Waals surface area (Å²) in [6.07, 6.45) is 2.27. The van der Waals surface area contributed by atoms with Crippen molar-refractivity contribution in [2.45, 2.75) is 31.6 Å². The zero-order chi connectivity index (χ0) is 23.7. The normalized spacial score (nSPS) is 17.4. The van der Waals surface area contributed by atoms with Gasteiger partial charge in [-0.25, -0.2) is 4.98 Å². The Bertz CT molecular complexity index is 1350. The van der Waals surface area contributed by atoms with E-state index in [1.54, 1.807) is 30.5 Å². The first-order valence-corrected chi connectivity index (χ1v) is 11.0. The second-order valence-electron chi connectivity index (χ2n) is 8.09. The van der Waals surface area contributed by atoms with E-state index in [1.807, 2.05) is 22.8 Å². The molecule has 5 rings (SSSR count). The fraction of sp³-hybridized carbons (Fsp3) is 0.280. The maximum atomic E-state index is 13.1. The van der Waals surface area contributed by atoms with E-state index < -0.39 is 6.61 Å². The predicted molar refractivity (Wildman–Crippen MR) is 122 cm³/mol. The number of aliphatic hydroxyl groups is 1. The monoisotopic (exact) mass is 467 g/mol. The quantitative estimate of drug-likeness (QED) is 0.375. The Morgan fingerprint density at radius 3 is 2.74 bits per heavy atom. The van der Waals surface area contributed by atoms with Gasteiger partial charge in [0.1, 0.15) is 17.7 Å². The summed E-state index contributed by atoms with van der Waals surface area (Å²) in [6.45, 7) is -2.57. The van der Waals surface area contributed by atoms with Crippen LogP contribution in [-0.2, 0) is 4.74 Å². The number of hydrogen-bond donors (Lipinski definition) is 2. The Hall–Kier alpha value is -3.56. The summed E-state index contributed by atoms with van der Waals surface area (Å²) < 4.78 is 39.1. The number of nitrogens with zero attached hydrogens (tertiary/aromatic N) is 2. The number of para-hydroxylation sites is 1. The molecule has 1 aliphatic rings. The van der Waals surface area contributed by atoms with Gasteiger partial charge in [-0.3, -0.25) is 4.79 Å². The number of aromatic nitrogens is 3. The number of fused-ring (bicyclic) bond motifs is 3. The zero-order valence-corrected chi connectivity index (χ0v) is 18.2. The molecule has 0 radical (unpaired) electrons. The number of alkyl halides is 2. The molecule has 4 aromatic rings. The van der Waals surface area contributed by atoms with Crippen LogP contribution >= 0.6 is 0 Å². The number of pyridine rings is 1. The standard InChI is InChI=1S/C25H23F2N3O4/c26-25(27)34-21-5-2-1-4-17(21)19-13-22(33-11-3-10-31)24-29-18-8-6-15(12-20(18)30(19)24)16-7-9-23(32)28-14-16/h1-2,4-9,12,14,19,22,25,31H,3,10-11,13H2,(H,28,32)/t19-,22-/m1/s1. The molecule has 34 heavy (non-hydrogen) atoms. The van der Waals surface area contributed by atoms with Gasteiger partial charge in [-0.2, -0.15) is 8.78 Å². The van der Waals surface area contributed by atoms with Crippen LogP contribution in [0.2, 0.25) is 0 Å². The highest BCUT2D eigenvalue weighted by molar-refractivity contribution is 5.83. The van der Waals surface area contributed by atoms with E-state index in [-0.39, 0.29) is 30.1 Å². The fourth-order valence-electron chi connectivity index (χ4n) is 4.51. The topological polar surface area (TPSA) is 89.4 Å². The number of rotatable bonds is 8. The number of halogens is 2. The molecule has 0 saturated heterocycles. The lowest BCUT2D eigenvalue weighted by atomic mass is 10.0. The van der Waals surface area contributed by atoms with Crippen LogP contribution in [0.5, 0.6) is 5.75 Å². The molecule has 3 heterocycles. The van der Waals surface area contributed by atoms with Crippen LogP contribution in [0, 0.1) is 0 Å². The van der Waals surface area contributed by atoms with Gasteiger partial charge in [0.25, 0.3) is 0 Å². The smallest absolute Gasteiger partial charge is 0.387 e. The minimum absolute atomic E-state index is 0.0140. The molecule has 0 saturated carbocycles. The van der Waals surface area contributed by atoms with Crippen molar-refractivity contribution < 1.29 is 23.4 Å². The first-order valence-electron chi connectivity index (χ1n) is 11.0. The van der Waals surface area contributed by atoms with Gasteiger partial charge < -0.3 is 24.1 Å². The SMILES string of the molecule is O=c1ccc(-c2ccc3nc4n(c3c2)[C@@H](c2ccccc2OC(F)F)C[C@H]4OCCCO)c[nH]1. The number of ether oxygens (including phenoxy) is 2. The van der Waals surface area contributed by atoms with Gasteiger partial charge in [0.2, 0.25) is 5.56 Å². The van der Waals surface area contributed by atoms with E-state index in [4.69, 9.17) is 19.6 Å². The zero-order valence-electron chi connectivity index (χ0n) is 18.2. The molecule has 2 N–H and O–H groups in total. The van der Waals surface area contributed by atoms with Crippen LogP contribution in [0.15, 0.2) is 65.6 Å². The van der Waals surface area contributed by atoms with Crippen LogP contribution in [0.1, 0.15) is 36.4 Å². The molecule has 9 heteroatoms. The van der Waals surface area contributed by atoms with E-state index in [2.05, 4.69) is 4.98 Å². The van der Waals surface area contributed by atoms with Gasteiger partial charge in [0.15, 0.2) is 0 Å². The van der Waals surface area contributed by atoms with Crippen molar-refractivity contribution in [3.63, 3.8) is 0 Å². The molecule has 176 valence electrons.